The van der Waals surface area contributed by atoms with E-state index >= 15 is 0 Å². The molecule has 2 aromatic heterocycles. The summed E-state index contributed by atoms with van der Waals surface area (Å²) in [6.45, 7) is 5.03. The summed E-state index contributed by atoms with van der Waals surface area (Å²) in [6, 6.07) is 0.968. The Labute approximate surface area is 131 Å². The maximum absolute atomic E-state index is 12.6. The van der Waals surface area contributed by atoms with Gasteiger partial charge in [0, 0.05) is 12.7 Å². The van der Waals surface area contributed by atoms with Crippen molar-refractivity contribution in [2.45, 2.75) is 33.5 Å². The smallest absolute Gasteiger partial charge is 0.323 e. The standard InChI is InChI=1S/C14H18F3N5O/c1-8(13(23)19-11-6-18-21(4)10(11)3)7-22-9(2)5-12(20-22)14(15,16)17/h5-6,8H,7H2,1-4H3,(H,19,23). The van der Waals surface area contributed by atoms with Gasteiger partial charge < -0.3 is 5.32 Å². The molecule has 0 aromatic carbocycles. The van der Waals surface area contributed by atoms with Crippen molar-refractivity contribution in [3.05, 3.63) is 29.3 Å². The Hall–Kier alpha value is -2.32. The third-order valence-electron chi connectivity index (χ3n) is 3.66. The van der Waals surface area contributed by atoms with Crippen molar-refractivity contribution in [1.82, 2.24) is 19.6 Å². The minimum Gasteiger partial charge on any atom is -0.323 e. The zero-order valence-corrected chi connectivity index (χ0v) is 13.3. The summed E-state index contributed by atoms with van der Waals surface area (Å²) in [5.41, 5.74) is 0.776. The van der Waals surface area contributed by atoms with Gasteiger partial charge in [-0.25, -0.2) is 0 Å². The van der Waals surface area contributed by atoms with Gasteiger partial charge in [0.2, 0.25) is 5.91 Å². The molecule has 23 heavy (non-hydrogen) atoms. The maximum atomic E-state index is 12.6. The molecule has 0 radical (unpaired) electrons. The molecule has 1 atom stereocenters. The lowest BCUT2D eigenvalue weighted by Gasteiger charge is -2.13. The minimum atomic E-state index is -4.49. The number of nitrogens with one attached hydrogen (secondary N) is 1. The van der Waals surface area contributed by atoms with E-state index in [0.717, 1.165) is 11.8 Å². The number of aryl methyl sites for hydroxylation is 2. The van der Waals surface area contributed by atoms with Gasteiger partial charge in [-0.05, 0) is 19.9 Å². The van der Waals surface area contributed by atoms with E-state index in [-0.39, 0.29) is 12.5 Å². The average molecular weight is 329 g/mol. The summed E-state index contributed by atoms with van der Waals surface area (Å²) in [5, 5.41) is 10.3. The van der Waals surface area contributed by atoms with Gasteiger partial charge in [0.15, 0.2) is 5.69 Å². The second-order valence-corrected chi connectivity index (χ2v) is 5.51. The summed E-state index contributed by atoms with van der Waals surface area (Å²) in [5.74, 6) is -0.848. The fraction of sp³-hybridized carbons (Fsp3) is 0.500. The molecule has 0 saturated carbocycles. The lowest BCUT2D eigenvalue weighted by atomic mass is 10.1. The van der Waals surface area contributed by atoms with Crippen molar-refractivity contribution in [3.63, 3.8) is 0 Å². The zero-order chi connectivity index (χ0) is 17.4. The van der Waals surface area contributed by atoms with Gasteiger partial charge in [0.1, 0.15) is 0 Å². The molecule has 1 N–H and O–H groups in total. The van der Waals surface area contributed by atoms with Gasteiger partial charge in [0.05, 0.1) is 30.0 Å². The van der Waals surface area contributed by atoms with Crippen molar-refractivity contribution in [1.29, 1.82) is 0 Å². The number of carbonyl (C=O) groups excluding carboxylic acids is 1. The molecule has 1 amide bonds. The van der Waals surface area contributed by atoms with Crippen molar-refractivity contribution in [2.75, 3.05) is 5.32 Å². The predicted molar refractivity (Wildman–Crippen MR) is 77.7 cm³/mol. The number of amides is 1. The first-order valence-electron chi connectivity index (χ1n) is 7.00. The molecular formula is C14H18F3N5O. The fourth-order valence-corrected chi connectivity index (χ4v) is 2.05. The molecule has 2 heterocycles. The summed E-state index contributed by atoms with van der Waals surface area (Å²) in [6.07, 6.45) is -2.96. The van der Waals surface area contributed by atoms with Crippen LogP contribution in [0.15, 0.2) is 12.3 Å². The number of hydrogen-bond donors (Lipinski definition) is 1. The second-order valence-electron chi connectivity index (χ2n) is 5.51. The predicted octanol–water partition coefficient (Wildman–Crippen LogP) is 2.53. The Morgan fingerprint density at radius 1 is 1.39 bits per heavy atom. The van der Waals surface area contributed by atoms with Gasteiger partial charge in [0.25, 0.3) is 0 Å². The molecule has 9 heteroatoms. The highest BCUT2D eigenvalue weighted by Crippen LogP contribution is 2.28. The van der Waals surface area contributed by atoms with Crippen molar-refractivity contribution < 1.29 is 18.0 Å². The van der Waals surface area contributed by atoms with Crippen LogP contribution < -0.4 is 5.32 Å². The lowest BCUT2D eigenvalue weighted by molar-refractivity contribution is -0.141. The highest BCUT2D eigenvalue weighted by Gasteiger charge is 2.34. The topological polar surface area (TPSA) is 64.7 Å². The van der Waals surface area contributed by atoms with Crippen molar-refractivity contribution in [2.24, 2.45) is 13.0 Å². The first-order valence-corrected chi connectivity index (χ1v) is 7.00. The van der Waals surface area contributed by atoms with Crippen LogP contribution in [0, 0.1) is 19.8 Å². The minimum absolute atomic E-state index is 0.0626. The molecule has 0 spiro atoms. The summed E-state index contributed by atoms with van der Waals surface area (Å²) < 4.78 is 40.8. The summed E-state index contributed by atoms with van der Waals surface area (Å²) in [4.78, 5) is 12.2. The van der Waals surface area contributed by atoms with Crippen LogP contribution in [0.4, 0.5) is 18.9 Å². The average Bonchev–Trinajstić information content (AvgIpc) is 2.96. The number of carbonyl (C=O) groups is 1. The third-order valence-corrected chi connectivity index (χ3v) is 3.66. The molecule has 0 saturated heterocycles. The van der Waals surface area contributed by atoms with Gasteiger partial charge in [-0.15, -0.1) is 0 Å². The Morgan fingerprint density at radius 2 is 2.04 bits per heavy atom. The number of alkyl halides is 3. The van der Waals surface area contributed by atoms with Crippen molar-refractivity contribution >= 4 is 11.6 Å². The number of rotatable bonds is 4. The zero-order valence-electron chi connectivity index (χ0n) is 13.3. The maximum Gasteiger partial charge on any atom is 0.435 e. The van der Waals surface area contributed by atoms with E-state index in [1.54, 1.807) is 25.6 Å². The van der Waals surface area contributed by atoms with Crippen LogP contribution in [0.5, 0.6) is 0 Å². The molecule has 2 rings (SSSR count). The number of anilines is 1. The van der Waals surface area contributed by atoms with E-state index in [0.29, 0.717) is 11.4 Å². The molecule has 6 nitrogen and oxygen atoms in total. The molecular weight excluding hydrogens is 311 g/mol. The van der Waals surface area contributed by atoms with E-state index in [9.17, 15) is 18.0 Å². The van der Waals surface area contributed by atoms with E-state index in [1.807, 2.05) is 0 Å². The summed E-state index contributed by atoms with van der Waals surface area (Å²) in [7, 11) is 1.75. The van der Waals surface area contributed by atoms with Gasteiger partial charge in [-0.1, -0.05) is 6.92 Å². The normalized spacial score (nSPS) is 13.2. The van der Waals surface area contributed by atoms with E-state index in [2.05, 4.69) is 15.5 Å². The Bertz CT molecular complexity index is 717. The number of halogens is 3. The van der Waals surface area contributed by atoms with Crippen LogP contribution in [0.1, 0.15) is 24.0 Å². The van der Waals surface area contributed by atoms with Crippen LogP contribution in [0.25, 0.3) is 0 Å². The molecule has 0 aliphatic rings. The van der Waals surface area contributed by atoms with Crippen LogP contribution in [0.2, 0.25) is 0 Å². The molecule has 2 aromatic rings. The van der Waals surface area contributed by atoms with Gasteiger partial charge in [-0.2, -0.15) is 23.4 Å². The van der Waals surface area contributed by atoms with Crippen LogP contribution in [-0.4, -0.2) is 25.5 Å². The van der Waals surface area contributed by atoms with Gasteiger partial charge in [-0.3, -0.25) is 14.2 Å². The lowest BCUT2D eigenvalue weighted by Crippen LogP contribution is -2.25. The fourth-order valence-electron chi connectivity index (χ4n) is 2.05. The first kappa shape index (κ1) is 17.0. The Morgan fingerprint density at radius 3 is 2.52 bits per heavy atom. The summed E-state index contributed by atoms with van der Waals surface area (Å²) >= 11 is 0. The molecule has 126 valence electrons. The molecule has 1 unspecified atom stereocenters. The van der Waals surface area contributed by atoms with Crippen LogP contribution in [-0.2, 0) is 24.6 Å². The Balaban J connectivity index is 2.07. The molecule has 0 bridgehead atoms. The molecule has 0 aliphatic heterocycles. The van der Waals surface area contributed by atoms with E-state index in [4.69, 9.17) is 0 Å². The Kier molecular flexibility index (Phi) is 4.49. The number of hydrogen-bond acceptors (Lipinski definition) is 3. The number of nitrogens with zero attached hydrogens (tertiary/aromatic N) is 4. The largest absolute Gasteiger partial charge is 0.435 e. The van der Waals surface area contributed by atoms with Gasteiger partial charge >= 0.3 is 6.18 Å². The number of aromatic nitrogens is 4. The van der Waals surface area contributed by atoms with E-state index in [1.165, 1.54) is 17.8 Å². The van der Waals surface area contributed by atoms with E-state index < -0.39 is 17.8 Å². The highest BCUT2D eigenvalue weighted by molar-refractivity contribution is 5.92. The third kappa shape index (κ3) is 3.72. The van der Waals surface area contributed by atoms with Crippen LogP contribution >= 0.6 is 0 Å². The molecule has 0 aliphatic carbocycles. The highest BCUT2D eigenvalue weighted by atomic mass is 19.4. The molecule has 0 fully saturated rings. The SMILES string of the molecule is Cc1c(NC(=O)C(C)Cn2nc(C(F)(F)F)cc2C)cnn1C. The second kappa shape index (κ2) is 6.05. The van der Waals surface area contributed by atoms with Crippen LogP contribution in [0.3, 0.4) is 0 Å². The monoisotopic (exact) mass is 329 g/mol. The first-order chi connectivity index (χ1) is 10.6. The van der Waals surface area contributed by atoms with Crippen molar-refractivity contribution in [3.8, 4) is 0 Å². The quantitative estimate of drug-likeness (QED) is 0.937.